The molecular formula is C27H35N7O3. The van der Waals surface area contributed by atoms with Gasteiger partial charge in [-0.3, -0.25) is 10.4 Å². The number of nitrogens with zero attached hydrogens (tertiary/aromatic N) is 5. The van der Waals surface area contributed by atoms with E-state index in [2.05, 4.69) is 21.3 Å². The van der Waals surface area contributed by atoms with E-state index in [-0.39, 0.29) is 24.5 Å². The van der Waals surface area contributed by atoms with Crippen molar-refractivity contribution in [3.05, 3.63) is 47.4 Å². The molecule has 0 bridgehead atoms. The predicted molar refractivity (Wildman–Crippen MR) is 141 cm³/mol. The lowest BCUT2D eigenvalue weighted by Crippen LogP contribution is -2.50. The largest absolute Gasteiger partial charge is 0.444 e. The summed E-state index contributed by atoms with van der Waals surface area (Å²) in [6.45, 7) is 8.61. The number of hydrogen-bond acceptors (Lipinski definition) is 9. The fourth-order valence-electron chi connectivity index (χ4n) is 4.35. The van der Waals surface area contributed by atoms with Crippen molar-refractivity contribution in [3.8, 4) is 6.07 Å². The number of ether oxygens (including phenoxy) is 2. The molecule has 4 rings (SSSR count). The number of nitriles is 1. The van der Waals surface area contributed by atoms with Crippen LogP contribution in [0.15, 0.2) is 30.5 Å². The fraction of sp³-hybridized carbons (Fsp3) is 0.519. The number of nitrogens with one attached hydrogen (secondary N) is 2. The number of amides is 1. The van der Waals surface area contributed by atoms with Gasteiger partial charge in [-0.05, 0) is 58.2 Å². The molecule has 2 aliphatic rings. The first-order valence-electron chi connectivity index (χ1n) is 12.8. The number of carbonyl (C=O) groups is 1. The third kappa shape index (κ3) is 6.95. The Morgan fingerprint density at radius 2 is 2.05 bits per heavy atom. The van der Waals surface area contributed by atoms with Crippen LogP contribution in [0.25, 0.3) is 0 Å². The van der Waals surface area contributed by atoms with Crippen LogP contribution in [0, 0.1) is 16.7 Å². The number of carbonyl (C=O) groups excluding carboxylic acids is 1. The Hall–Kier alpha value is -3.71. The lowest BCUT2D eigenvalue weighted by Gasteiger charge is -2.36. The van der Waals surface area contributed by atoms with Crippen molar-refractivity contribution in [2.45, 2.75) is 58.3 Å². The second kappa shape index (κ2) is 11.6. The lowest BCUT2D eigenvalue weighted by atomic mass is 10.0. The van der Waals surface area contributed by atoms with Gasteiger partial charge >= 0.3 is 6.09 Å². The minimum Gasteiger partial charge on any atom is -0.444 e. The number of pyridine rings is 2. The average Bonchev–Trinajstić information content (AvgIpc) is 2.89. The molecule has 2 aromatic heterocycles. The van der Waals surface area contributed by atoms with E-state index in [1.54, 1.807) is 17.2 Å². The van der Waals surface area contributed by atoms with Crippen LogP contribution in [0.2, 0.25) is 0 Å². The molecule has 1 atom stereocenters. The standard InChI is InChI=1S/C27H35N7O3/c1-27(2,3)37-26(35)34-14-12-33(13-15-34)23-8-6-7-21(31-23)25(29)20-17-19(10-11-28)30-18-22(20)32-24-9-4-5-16-36-24/h6-8,17-18,24,29,32H,4-5,9-10,12-16H2,1-3H3. The van der Waals surface area contributed by atoms with Gasteiger partial charge in [-0.1, -0.05) is 6.07 Å². The van der Waals surface area contributed by atoms with Gasteiger partial charge in [0.15, 0.2) is 0 Å². The van der Waals surface area contributed by atoms with Gasteiger partial charge in [0.2, 0.25) is 0 Å². The van der Waals surface area contributed by atoms with Gasteiger partial charge in [0.25, 0.3) is 0 Å². The summed E-state index contributed by atoms with van der Waals surface area (Å²) in [5.74, 6) is 0.752. The van der Waals surface area contributed by atoms with Crippen LogP contribution in [-0.4, -0.2) is 71.3 Å². The number of aromatic nitrogens is 2. The summed E-state index contributed by atoms with van der Waals surface area (Å²) >= 11 is 0. The van der Waals surface area contributed by atoms with E-state index in [9.17, 15) is 4.79 Å². The zero-order valence-electron chi connectivity index (χ0n) is 21.8. The molecule has 0 radical (unpaired) electrons. The van der Waals surface area contributed by atoms with Gasteiger partial charge in [0.05, 0.1) is 41.5 Å². The van der Waals surface area contributed by atoms with E-state index in [0.29, 0.717) is 55.4 Å². The van der Waals surface area contributed by atoms with Crippen molar-refractivity contribution < 1.29 is 14.3 Å². The van der Waals surface area contributed by atoms with E-state index >= 15 is 0 Å². The summed E-state index contributed by atoms with van der Waals surface area (Å²) < 4.78 is 11.3. The molecule has 2 aliphatic heterocycles. The molecule has 2 fully saturated rings. The van der Waals surface area contributed by atoms with Crippen molar-refractivity contribution in [2.75, 3.05) is 43.0 Å². The van der Waals surface area contributed by atoms with Gasteiger partial charge in [-0.15, -0.1) is 0 Å². The Balaban J connectivity index is 1.50. The maximum absolute atomic E-state index is 12.4. The van der Waals surface area contributed by atoms with Gasteiger partial charge in [0, 0.05) is 38.3 Å². The van der Waals surface area contributed by atoms with E-state index < -0.39 is 5.60 Å². The molecule has 10 nitrogen and oxygen atoms in total. The van der Waals surface area contributed by atoms with Gasteiger partial charge in [-0.25, -0.2) is 9.78 Å². The molecule has 196 valence electrons. The minimum absolute atomic E-state index is 0.135. The van der Waals surface area contributed by atoms with Crippen LogP contribution in [0.5, 0.6) is 0 Å². The average molecular weight is 506 g/mol. The molecule has 0 spiro atoms. The summed E-state index contributed by atoms with van der Waals surface area (Å²) in [7, 11) is 0. The van der Waals surface area contributed by atoms with Crippen LogP contribution >= 0.6 is 0 Å². The highest BCUT2D eigenvalue weighted by atomic mass is 16.6. The topological polar surface area (TPSA) is 127 Å². The number of rotatable bonds is 6. The normalized spacial score (nSPS) is 18.2. The highest BCUT2D eigenvalue weighted by Gasteiger charge is 2.27. The maximum atomic E-state index is 12.4. The number of hydrogen-bond donors (Lipinski definition) is 2. The van der Waals surface area contributed by atoms with Gasteiger partial charge in [0.1, 0.15) is 17.6 Å². The molecule has 4 heterocycles. The first-order chi connectivity index (χ1) is 17.7. The van der Waals surface area contributed by atoms with Crippen LogP contribution in [-0.2, 0) is 15.9 Å². The van der Waals surface area contributed by atoms with Crippen molar-refractivity contribution in [1.82, 2.24) is 14.9 Å². The summed E-state index contributed by atoms with van der Waals surface area (Å²) in [5.41, 5.74) is 2.17. The first-order valence-corrected chi connectivity index (χ1v) is 12.8. The molecule has 2 saturated heterocycles. The van der Waals surface area contributed by atoms with Gasteiger partial charge in [-0.2, -0.15) is 5.26 Å². The van der Waals surface area contributed by atoms with Crippen LogP contribution in [0.4, 0.5) is 16.3 Å². The second-order valence-corrected chi connectivity index (χ2v) is 10.3. The highest BCUT2D eigenvalue weighted by molar-refractivity contribution is 6.13. The second-order valence-electron chi connectivity index (χ2n) is 10.3. The van der Waals surface area contributed by atoms with E-state index in [4.69, 9.17) is 25.1 Å². The molecular weight excluding hydrogens is 470 g/mol. The van der Waals surface area contributed by atoms with Crippen molar-refractivity contribution in [2.24, 2.45) is 0 Å². The Labute approximate surface area is 218 Å². The number of anilines is 2. The minimum atomic E-state index is -0.526. The summed E-state index contributed by atoms with van der Waals surface area (Å²) in [5, 5.41) is 21.5. The predicted octanol–water partition coefficient (Wildman–Crippen LogP) is 3.95. The molecule has 0 aromatic carbocycles. The van der Waals surface area contributed by atoms with Crippen LogP contribution < -0.4 is 10.2 Å². The Morgan fingerprint density at radius 3 is 2.73 bits per heavy atom. The van der Waals surface area contributed by atoms with E-state index in [1.807, 2.05) is 39.0 Å². The molecule has 1 amide bonds. The van der Waals surface area contributed by atoms with Crippen molar-refractivity contribution in [3.63, 3.8) is 0 Å². The maximum Gasteiger partial charge on any atom is 0.410 e. The SMILES string of the molecule is CC(C)(C)OC(=O)N1CCN(c2cccc(C(=N)c3cc(CC#N)ncc3NC3CCCCO3)n2)CC1. The Morgan fingerprint density at radius 1 is 1.27 bits per heavy atom. The van der Waals surface area contributed by atoms with E-state index in [0.717, 1.165) is 25.1 Å². The molecule has 0 aliphatic carbocycles. The molecule has 2 N–H and O–H groups in total. The molecule has 37 heavy (non-hydrogen) atoms. The van der Waals surface area contributed by atoms with Crippen molar-refractivity contribution in [1.29, 1.82) is 10.7 Å². The smallest absolute Gasteiger partial charge is 0.410 e. The zero-order chi connectivity index (χ0) is 26.4. The quantitative estimate of drug-likeness (QED) is 0.565. The highest BCUT2D eigenvalue weighted by Crippen LogP contribution is 2.24. The third-order valence-corrected chi connectivity index (χ3v) is 6.23. The summed E-state index contributed by atoms with van der Waals surface area (Å²) in [6.07, 6.45) is 4.41. The third-order valence-electron chi connectivity index (χ3n) is 6.23. The molecule has 0 saturated carbocycles. The number of piperazine rings is 1. The van der Waals surface area contributed by atoms with Crippen LogP contribution in [0.3, 0.4) is 0 Å². The summed E-state index contributed by atoms with van der Waals surface area (Å²) in [6, 6.07) is 9.53. The summed E-state index contributed by atoms with van der Waals surface area (Å²) in [4.78, 5) is 25.4. The zero-order valence-corrected chi connectivity index (χ0v) is 21.8. The Kier molecular flexibility index (Phi) is 8.24. The van der Waals surface area contributed by atoms with Crippen molar-refractivity contribution >= 4 is 23.3 Å². The Bertz CT molecular complexity index is 1160. The van der Waals surface area contributed by atoms with Crippen LogP contribution in [0.1, 0.15) is 57.0 Å². The lowest BCUT2D eigenvalue weighted by molar-refractivity contribution is 0.0240. The first kappa shape index (κ1) is 26.4. The van der Waals surface area contributed by atoms with Gasteiger partial charge < -0.3 is 24.6 Å². The monoisotopic (exact) mass is 505 g/mol. The van der Waals surface area contributed by atoms with E-state index in [1.165, 1.54) is 0 Å². The molecule has 10 heteroatoms. The molecule has 2 aromatic rings. The fourth-order valence-corrected chi connectivity index (χ4v) is 4.35. The molecule has 1 unspecified atom stereocenters.